The Morgan fingerprint density at radius 3 is 2.72 bits per heavy atom. The molecule has 0 spiro atoms. The number of carboxylic acid groups (broad SMARTS) is 1. The fraction of sp³-hybridized carbons (Fsp3) is 0.333. The smallest absolute Gasteiger partial charge is 0.337 e. The van der Waals surface area contributed by atoms with Crippen LogP contribution in [0.1, 0.15) is 23.7 Å². The lowest BCUT2D eigenvalue weighted by Gasteiger charge is -2.09. The van der Waals surface area contributed by atoms with Gasteiger partial charge < -0.3 is 15.7 Å². The first kappa shape index (κ1) is 14.9. The number of nitrogens with one attached hydrogen (secondary N) is 2. The molecule has 0 fully saturated rings. The highest BCUT2D eigenvalue weighted by Crippen LogP contribution is 2.18. The topological polar surface area (TPSA) is 78.4 Å². The van der Waals surface area contributed by atoms with Crippen molar-refractivity contribution >= 4 is 40.2 Å². The molecule has 0 bridgehead atoms. The average molecular weight is 362 g/mol. The van der Waals surface area contributed by atoms with E-state index >= 15 is 0 Å². The van der Waals surface area contributed by atoms with Gasteiger partial charge >= 0.3 is 5.97 Å². The van der Waals surface area contributed by atoms with Crippen LogP contribution in [-0.2, 0) is 4.79 Å². The molecule has 98 valence electrons. The summed E-state index contributed by atoms with van der Waals surface area (Å²) in [6.07, 6.45) is 0.942. The minimum absolute atomic E-state index is 0.103. The van der Waals surface area contributed by atoms with Crippen LogP contribution in [0.2, 0.25) is 0 Å². The van der Waals surface area contributed by atoms with Crippen LogP contribution in [-0.4, -0.2) is 30.1 Å². The molecule has 0 saturated carbocycles. The van der Waals surface area contributed by atoms with E-state index in [2.05, 4.69) is 10.6 Å². The van der Waals surface area contributed by atoms with E-state index < -0.39 is 5.97 Å². The zero-order valence-electron chi connectivity index (χ0n) is 10.00. The zero-order chi connectivity index (χ0) is 13.5. The molecule has 0 unspecified atom stereocenters. The van der Waals surface area contributed by atoms with E-state index in [0.717, 1.165) is 16.5 Å². The molecule has 0 heterocycles. The Labute approximate surface area is 119 Å². The van der Waals surface area contributed by atoms with Crippen molar-refractivity contribution in [3.63, 3.8) is 0 Å². The molecule has 0 atom stereocenters. The molecule has 0 aliphatic heterocycles. The number of hydrogen-bond donors (Lipinski definition) is 3. The lowest BCUT2D eigenvalue weighted by Crippen LogP contribution is -2.29. The maximum atomic E-state index is 11.6. The second kappa shape index (κ2) is 7.32. The third-order valence-corrected chi connectivity index (χ3v) is 2.87. The van der Waals surface area contributed by atoms with Crippen LogP contribution in [0.3, 0.4) is 0 Å². The Morgan fingerprint density at radius 1 is 1.39 bits per heavy atom. The summed E-state index contributed by atoms with van der Waals surface area (Å²) in [5.74, 6) is -1.29. The lowest BCUT2D eigenvalue weighted by molar-refractivity contribution is -0.115. The molecular formula is C12H15IN2O3. The first-order valence-corrected chi connectivity index (χ1v) is 6.66. The van der Waals surface area contributed by atoms with Crippen LogP contribution in [0.25, 0.3) is 0 Å². The largest absolute Gasteiger partial charge is 0.478 e. The van der Waals surface area contributed by atoms with Gasteiger partial charge in [-0.2, -0.15) is 0 Å². The molecule has 18 heavy (non-hydrogen) atoms. The van der Waals surface area contributed by atoms with Crippen LogP contribution in [0.4, 0.5) is 5.69 Å². The van der Waals surface area contributed by atoms with Crippen molar-refractivity contribution < 1.29 is 14.7 Å². The fourth-order valence-electron chi connectivity index (χ4n) is 1.38. The van der Waals surface area contributed by atoms with Crippen molar-refractivity contribution in [2.45, 2.75) is 13.3 Å². The lowest BCUT2D eigenvalue weighted by atomic mass is 10.2. The molecule has 6 heteroatoms. The number of halogens is 1. The third kappa shape index (κ3) is 4.61. The predicted octanol–water partition coefficient (Wildman–Crippen LogP) is 1.93. The molecule has 0 radical (unpaired) electrons. The predicted molar refractivity (Wildman–Crippen MR) is 77.9 cm³/mol. The third-order valence-electron chi connectivity index (χ3n) is 2.20. The van der Waals surface area contributed by atoms with Gasteiger partial charge in [-0.3, -0.25) is 4.79 Å². The van der Waals surface area contributed by atoms with E-state index in [0.29, 0.717) is 5.69 Å². The van der Waals surface area contributed by atoms with E-state index in [-0.39, 0.29) is 18.0 Å². The molecule has 1 rings (SSSR count). The maximum absolute atomic E-state index is 11.6. The van der Waals surface area contributed by atoms with Crippen molar-refractivity contribution in [1.82, 2.24) is 5.32 Å². The van der Waals surface area contributed by atoms with Gasteiger partial charge in [0.05, 0.1) is 17.8 Å². The molecular weight excluding hydrogens is 347 g/mol. The minimum Gasteiger partial charge on any atom is -0.478 e. The fourth-order valence-corrected chi connectivity index (χ4v) is 1.87. The van der Waals surface area contributed by atoms with Gasteiger partial charge in [-0.15, -0.1) is 0 Å². The molecule has 0 saturated heterocycles. The molecule has 0 aromatic heterocycles. The van der Waals surface area contributed by atoms with E-state index in [4.69, 9.17) is 5.11 Å². The van der Waals surface area contributed by atoms with E-state index in [9.17, 15) is 9.59 Å². The summed E-state index contributed by atoms with van der Waals surface area (Å²) in [7, 11) is 0. The first-order chi connectivity index (χ1) is 8.54. The van der Waals surface area contributed by atoms with Crippen molar-refractivity contribution in [3.05, 3.63) is 27.3 Å². The normalized spacial score (nSPS) is 10.1. The van der Waals surface area contributed by atoms with Gasteiger partial charge in [0.25, 0.3) is 0 Å². The van der Waals surface area contributed by atoms with Gasteiger partial charge in [0.1, 0.15) is 0 Å². The Kier molecular flexibility index (Phi) is 6.06. The number of hydrogen-bond acceptors (Lipinski definition) is 3. The second-order valence-electron chi connectivity index (χ2n) is 3.72. The SMILES string of the molecule is CCCNCC(=O)Nc1ccc(I)cc1C(=O)O. The maximum Gasteiger partial charge on any atom is 0.337 e. The first-order valence-electron chi connectivity index (χ1n) is 5.58. The van der Waals surface area contributed by atoms with Crippen molar-refractivity contribution in [1.29, 1.82) is 0 Å². The number of benzene rings is 1. The number of aromatic carboxylic acids is 1. The number of carboxylic acids is 1. The number of anilines is 1. The summed E-state index contributed by atoms with van der Waals surface area (Å²) in [6, 6.07) is 4.88. The summed E-state index contributed by atoms with van der Waals surface area (Å²) in [6.45, 7) is 2.94. The summed E-state index contributed by atoms with van der Waals surface area (Å²) < 4.78 is 0.812. The Hall–Kier alpha value is -1.15. The molecule has 5 nitrogen and oxygen atoms in total. The van der Waals surface area contributed by atoms with Gasteiger partial charge in [0.2, 0.25) is 5.91 Å². The van der Waals surface area contributed by atoms with Crippen LogP contribution in [0, 0.1) is 3.57 Å². The second-order valence-corrected chi connectivity index (χ2v) is 4.97. The highest BCUT2D eigenvalue weighted by Gasteiger charge is 2.12. The highest BCUT2D eigenvalue weighted by molar-refractivity contribution is 14.1. The Bertz CT molecular complexity index is 449. The van der Waals surface area contributed by atoms with E-state index in [1.165, 1.54) is 6.07 Å². The van der Waals surface area contributed by atoms with Gasteiger partial charge in [-0.1, -0.05) is 6.92 Å². The van der Waals surface area contributed by atoms with E-state index in [1.807, 2.05) is 29.5 Å². The van der Waals surface area contributed by atoms with E-state index in [1.54, 1.807) is 12.1 Å². The standard InChI is InChI=1S/C12H15IN2O3/c1-2-5-14-7-11(16)15-10-4-3-8(13)6-9(10)12(17)18/h3-4,6,14H,2,5,7H2,1H3,(H,15,16)(H,17,18). The Balaban J connectivity index is 2.72. The molecule has 1 aromatic rings. The van der Waals surface area contributed by atoms with Crippen LogP contribution >= 0.6 is 22.6 Å². The van der Waals surface area contributed by atoms with Crippen LogP contribution in [0.5, 0.6) is 0 Å². The quantitative estimate of drug-likeness (QED) is 0.534. The zero-order valence-corrected chi connectivity index (χ0v) is 12.2. The van der Waals surface area contributed by atoms with Gasteiger partial charge in [0, 0.05) is 3.57 Å². The molecule has 1 aromatic carbocycles. The molecule has 3 N–H and O–H groups in total. The highest BCUT2D eigenvalue weighted by atomic mass is 127. The monoisotopic (exact) mass is 362 g/mol. The molecule has 0 aliphatic rings. The van der Waals surface area contributed by atoms with Crippen molar-refractivity contribution in [3.8, 4) is 0 Å². The summed E-state index contributed by atoms with van der Waals surface area (Å²) in [5, 5.41) is 14.6. The molecule has 0 aliphatic carbocycles. The van der Waals surface area contributed by atoms with Crippen LogP contribution < -0.4 is 10.6 Å². The van der Waals surface area contributed by atoms with Gasteiger partial charge in [0.15, 0.2) is 0 Å². The number of carbonyl (C=O) groups is 2. The van der Waals surface area contributed by atoms with Crippen LogP contribution in [0.15, 0.2) is 18.2 Å². The molecule has 1 amide bonds. The van der Waals surface area contributed by atoms with Gasteiger partial charge in [-0.05, 0) is 53.8 Å². The summed E-state index contributed by atoms with van der Waals surface area (Å²) in [5.41, 5.74) is 0.428. The average Bonchev–Trinajstić information content (AvgIpc) is 2.31. The number of amides is 1. The van der Waals surface area contributed by atoms with Crippen molar-refractivity contribution in [2.75, 3.05) is 18.4 Å². The summed E-state index contributed by atoms with van der Waals surface area (Å²) >= 11 is 2.03. The number of carbonyl (C=O) groups excluding carboxylic acids is 1. The Morgan fingerprint density at radius 2 is 2.11 bits per heavy atom. The van der Waals surface area contributed by atoms with Crippen molar-refractivity contribution in [2.24, 2.45) is 0 Å². The summed E-state index contributed by atoms with van der Waals surface area (Å²) in [4.78, 5) is 22.6. The minimum atomic E-state index is -1.05. The van der Waals surface area contributed by atoms with Gasteiger partial charge in [-0.25, -0.2) is 4.79 Å². The number of rotatable bonds is 6.